The first-order valence-corrected chi connectivity index (χ1v) is 12.5. The molecule has 2 heterocycles. The number of para-hydroxylation sites is 1. The zero-order valence-corrected chi connectivity index (χ0v) is 19.7. The van der Waals surface area contributed by atoms with E-state index in [1.54, 1.807) is 0 Å². The van der Waals surface area contributed by atoms with Gasteiger partial charge in [0, 0.05) is 38.2 Å². The van der Waals surface area contributed by atoms with Gasteiger partial charge in [0.15, 0.2) is 0 Å². The molecule has 2 aromatic rings. The van der Waals surface area contributed by atoms with E-state index in [1.165, 1.54) is 0 Å². The smallest absolute Gasteiger partial charge is 0.404 e. The summed E-state index contributed by atoms with van der Waals surface area (Å²) in [6.07, 6.45) is 5.90. The summed E-state index contributed by atoms with van der Waals surface area (Å²) < 4.78 is 0. The van der Waals surface area contributed by atoms with Gasteiger partial charge in [-0.2, -0.15) is 0 Å². The predicted octanol–water partition coefficient (Wildman–Crippen LogP) is 3.64. The molecule has 8 nitrogen and oxygen atoms in total. The third-order valence-corrected chi connectivity index (χ3v) is 7.48. The van der Waals surface area contributed by atoms with Crippen LogP contribution in [-0.4, -0.2) is 60.0 Å². The second kappa shape index (κ2) is 11.5. The highest BCUT2D eigenvalue weighted by Gasteiger charge is 2.24. The molecule has 34 heavy (non-hydrogen) atoms. The van der Waals surface area contributed by atoms with Gasteiger partial charge in [-0.3, -0.25) is 4.79 Å². The van der Waals surface area contributed by atoms with Crippen LogP contribution in [0.25, 0.3) is 10.9 Å². The van der Waals surface area contributed by atoms with Crippen LogP contribution in [0.1, 0.15) is 55.3 Å². The number of anilines is 1. The number of piperidine rings is 1. The summed E-state index contributed by atoms with van der Waals surface area (Å²) in [4.78, 5) is 31.1. The van der Waals surface area contributed by atoms with Gasteiger partial charge in [-0.25, -0.2) is 9.78 Å². The molecule has 4 rings (SSSR count). The maximum atomic E-state index is 13.3. The molecule has 184 valence electrons. The molecule has 1 saturated heterocycles. The van der Waals surface area contributed by atoms with Gasteiger partial charge in [-0.15, -0.1) is 0 Å². The molecular formula is C26H36N4O4. The molecule has 4 N–H and O–H groups in total. The second-order valence-electron chi connectivity index (χ2n) is 9.77. The van der Waals surface area contributed by atoms with Crippen molar-refractivity contribution in [1.29, 1.82) is 0 Å². The minimum absolute atomic E-state index is 0.0651. The van der Waals surface area contributed by atoms with E-state index < -0.39 is 6.09 Å². The summed E-state index contributed by atoms with van der Waals surface area (Å²) >= 11 is 0. The third kappa shape index (κ3) is 6.17. The lowest BCUT2D eigenvalue weighted by atomic mass is 9.82. The number of aromatic nitrogens is 1. The number of benzene rings is 1. The van der Waals surface area contributed by atoms with Crippen LogP contribution in [0, 0.1) is 17.8 Å². The molecule has 0 spiro atoms. The first-order valence-electron chi connectivity index (χ1n) is 12.5. The second-order valence-corrected chi connectivity index (χ2v) is 9.77. The summed E-state index contributed by atoms with van der Waals surface area (Å²) in [5.41, 5.74) is 1.49. The molecule has 2 amide bonds. The summed E-state index contributed by atoms with van der Waals surface area (Å²) in [7, 11) is 0. The third-order valence-electron chi connectivity index (χ3n) is 7.48. The Balaban J connectivity index is 1.39. The highest BCUT2D eigenvalue weighted by Crippen LogP contribution is 2.29. The van der Waals surface area contributed by atoms with Gasteiger partial charge in [0.2, 0.25) is 0 Å². The molecule has 1 aliphatic heterocycles. The Morgan fingerprint density at radius 3 is 2.24 bits per heavy atom. The fraction of sp³-hybridized carbons (Fsp3) is 0.577. The first-order chi connectivity index (χ1) is 16.5. The SMILES string of the molecule is O=C(O)NC[C@H]1CC[C@H](CNC(=O)c2cc(N3CCC(CCO)CC3)nc3ccccc23)CC1. The van der Waals surface area contributed by atoms with Gasteiger partial charge in [0.1, 0.15) is 5.82 Å². The molecule has 8 heteroatoms. The van der Waals surface area contributed by atoms with Crippen molar-refractivity contribution in [3.05, 3.63) is 35.9 Å². The molecule has 1 aromatic heterocycles. The van der Waals surface area contributed by atoms with Crippen LogP contribution in [0.2, 0.25) is 0 Å². The van der Waals surface area contributed by atoms with E-state index >= 15 is 0 Å². The summed E-state index contributed by atoms with van der Waals surface area (Å²) in [6.45, 7) is 3.16. The number of fused-ring (bicyclic) bond motifs is 1. The number of aliphatic hydroxyl groups excluding tert-OH is 1. The number of aliphatic hydroxyl groups is 1. The van der Waals surface area contributed by atoms with E-state index in [4.69, 9.17) is 10.1 Å². The molecule has 0 unspecified atom stereocenters. The highest BCUT2D eigenvalue weighted by atomic mass is 16.4. The highest BCUT2D eigenvalue weighted by molar-refractivity contribution is 6.07. The molecule has 0 atom stereocenters. The number of carbonyl (C=O) groups is 2. The topological polar surface area (TPSA) is 115 Å². The number of nitrogens with one attached hydrogen (secondary N) is 2. The lowest BCUT2D eigenvalue weighted by molar-refractivity contribution is 0.0942. The molecular weight excluding hydrogens is 432 g/mol. The fourth-order valence-electron chi connectivity index (χ4n) is 5.35. The van der Waals surface area contributed by atoms with E-state index in [9.17, 15) is 14.7 Å². The van der Waals surface area contributed by atoms with Gasteiger partial charge in [0.25, 0.3) is 5.91 Å². The van der Waals surface area contributed by atoms with Crippen LogP contribution in [0.4, 0.5) is 10.6 Å². The lowest BCUT2D eigenvalue weighted by Crippen LogP contribution is -2.35. The number of carboxylic acid groups (broad SMARTS) is 1. The first kappa shape index (κ1) is 24.3. The Morgan fingerprint density at radius 2 is 1.59 bits per heavy atom. The van der Waals surface area contributed by atoms with Crippen LogP contribution in [0.15, 0.2) is 30.3 Å². The Bertz CT molecular complexity index is 982. The lowest BCUT2D eigenvalue weighted by Gasteiger charge is -2.33. The molecule has 0 bridgehead atoms. The van der Waals surface area contributed by atoms with E-state index in [-0.39, 0.29) is 12.5 Å². The van der Waals surface area contributed by atoms with Gasteiger partial charge >= 0.3 is 6.09 Å². The standard InChI is InChI=1S/C26H36N4O4/c31-14-11-18-9-12-30(13-10-18)24-15-22(21-3-1-2-4-23(21)29-24)25(32)27-16-19-5-7-20(8-6-19)17-28-26(33)34/h1-4,15,18-20,28,31H,5-14,16-17H2,(H,27,32)(H,33,34)/t19-,20-. The van der Waals surface area contributed by atoms with E-state index in [0.29, 0.717) is 36.4 Å². The number of carbonyl (C=O) groups excluding carboxylic acids is 1. The number of amides is 2. The largest absolute Gasteiger partial charge is 0.465 e. The summed E-state index contributed by atoms with van der Waals surface area (Å²) in [6, 6.07) is 9.73. The summed E-state index contributed by atoms with van der Waals surface area (Å²) in [5.74, 6) is 2.14. The predicted molar refractivity (Wildman–Crippen MR) is 132 cm³/mol. The average Bonchev–Trinajstić information content (AvgIpc) is 2.86. The van der Waals surface area contributed by atoms with Crippen LogP contribution >= 0.6 is 0 Å². The number of rotatable bonds is 8. The van der Waals surface area contributed by atoms with E-state index in [2.05, 4.69) is 15.5 Å². The Kier molecular flexibility index (Phi) is 8.21. The fourth-order valence-corrected chi connectivity index (χ4v) is 5.35. The molecule has 0 radical (unpaired) electrons. The zero-order valence-electron chi connectivity index (χ0n) is 19.7. The normalized spacial score (nSPS) is 21.4. The van der Waals surface area contributed by atoms with Crippen molar-refractivity contribution in [3.63, 3.8) is 0 Å². The van der Waals surface area contributed by atoms with E-state index in [1.807, 2.05) is 30.3 Å². The van der Waals surface area contributed by atoms with Gasteiger partial charge < -0.3 is 25.7 Å². The number of pyridine rings is 1. The van der Waals surface area contributed by atoms with Crippen molar-refractivity contribution < 1.29 is 19.8 Å². The Labute approximate surface area is 200 Å². The average molecular weight is 469 g/mol. The molecule has 1 aliphatic carbocycles. The van der Waals surface area contributed by atoms with Crippen molar-refractivity contribution in [2.75, 3.05) is 37.7 Å². The minimum Gasteiger partial charge on any atom is -0.465 e. The molecule has 2 aliphatic rings. The van der Waals surface area contributed by atoms with Crippen molar-refractivity contribution in [3.8, 4) is 0 Å². The number of hydrogen-bond donors (Lipinski definition) is 4. The van der Waals surface area contributed by atoms with Gasteiger partial charge in [0.05, 0.1) is 11.1 Å². The van der Waals surface area contributed by atoms with Crippen LogP contribution < -0.4 is 15.5 Å². The Morgan fingerprint density at radius 1 is 0.941 bits per heavy atom. The molecule has 1 aromatic carbocycles. The van der Waals surface area contributed by atoms with Gasteiger partial charge in [-0.1, -0.05) is 18.2 Å². The number of nitrogens with zero attached hydrogens (tertiary/aromatic N) is 2. The van der Waals surface area contributed by atoms with Crippen LogP contribution in [0.5, 0.6) is 0 Å². The van der Waals surface area contributed by atoms with Crippen molar-refractivity contribution in [2.45, 2.75) is 44.9 Å². The van der Waals surface area contributed by atoms with Crippen molar-refractivity contribution >= 4 is 28.7 Å². The van der Waals surface area contributed by atoms with E-state index in [0.717, 1.165) is 74.8 Å². The van der Waals surface area contributed by atoms with Crippen molar-refractivity contribution in [1.82, 2.24) is 15.6 Å². The van der Waals surface area contributed by atoms with Crippen molar-refractivity contribution in [2.24, 2.45) is 17.8 Å². The molecule has 1 saturated carbocycles. The maximum absolute atomic E-state index is 13.3. The number of hydrogen-bond acceptors (Lipinski definition) is 5. The van der Waals surface area contributed by atoms with Crippen LogP contribution in [-0.2, 0) is 0 Å². The Hall–Kier alpha value is -2.87. The van der Waals surface area contributed by atoms with Crippen LogP contribution in [0.3, 0.4) is 0 Å². The summed E-state index contributed by atoms with van der Waals surface area (Å²) in [5, 5.41) is 24.5. The maximum Gasteiger partial charge on any atom is 0.404 e. The molecule has 2 fully saturated rings. The zero-order chi connectivity index (χ0) is 23.9. The quantitative estimate of drug-likeness (QED) is 0.470. The van der Waals surface area contributed by atoms with Gasteiger partial charge in [-0.05, 0) is 74.8 Å². The monoisotopic (exact) mass is 468 g/mol. The minimum atomic E-state index is -0.965.